The van der Waals surface area contributed by atoms with Crippen LogP contribution in [0.3, 0.4) is 0 Å². The third-order valence-electron chi connectivity index (χ3n) is 4.75. The van der Waals surface area contributed by atoms with Crippen molar-refractivity contribution in [3.63, 3.8) is 0 Å². The minimum Gasteiger partial charge on any atom is -0.302 e. The van der Waals surface area contributed by atoms with Gasteiger partial charge >= 0.3 is 0 Å². The van der Waals surface area contributed by atoms with Gasteiger partial charge in [-0.25, -0.2) is 0 Å². The molecule has 2 bridgehead atoms. The first kappa shape index (κ1) is 8.73. The molecule has 0 aromatic carbocycles. The van der Waals surface area contributed by atoms with Crippen molar-refractivity contribution in [1.82, 2.24) is 4.90 Å². The second kappa shape index (κ2) is 3.24. The van der Waals surface area contributed by atoms with E-state index in [2.05, 4.69) is 11.0 Å². The highest BCUT2D eigenvalue weighted by atomic mass is 15.2. The van der Waals surface area contributed by atoms with Gasteiger partial charge in [-0.2, -0.15) is 5.26 Å². The minimum absolute atomic E-state index is 0.717. The highest BCUT2D eigenvalue weighted by Crippen LogP contribution is 2.54. The van der Waals surface area contributed by atoms with Crippen molar-refractivity contribution in [1.29, 1.82) is 5.26 Å². The SMILES string of the molecule is N#CCCN1CC2C3CCC(C3)C2C1. The number of rotatable bonds is 2. The third kappa shape index (κ3) is 1.19. The summed E-state index contributed by atoms with van der Waals surface area (Å²) in [5.41, 5.74) is 0. The van der Waals surface area contributed by atoms with E-state index in [0.717, 1.165) is 36.6 Å². The maximum Gasteiger partial charge on any atom is 0.0635 e. The Kier molecular flexibility index (Phi) is 2.02. The zero-order valence-corrected chi connectivity index (χ0v) is 8.65. The van der Waals surface area contributed by atoms with E-state index in [0.29, 0.717) is 0 Å². The highest BCUT2D eigenvalue weighted by molar-refractivity contribution is 5.02. The lowest BCUT2D eigenvalue weighted by Crippen LogP contribution is -2.23. The zero-order valence-electron chi connectivity index (χ0n) is 8.65. The first-order valence-electron chi connectivity index (χ1n) is 5.98. The van der Waals surface area contributed by atoms with Gasteiger partial charge in [0, 0.05) is 26.1 Å². The summed E-state index contributed by atoms with van der Waals surface area (Å²) >= 11 is 0. The van der Waals surface area contributed by atoms with Crippen LogP contribution in [0.25, 0.3) is 0 Å². The fraction of sp³-hybridized carbons (Fsp3) is 0.917. The van der Waals surface area contributed by atoms with Crippen LogP contribution in [0, 0.1) is 35.0 Å². The van der Waals surface area contributed by atoms with Gasteiger partial charge in [0.1, 0.15) is 0 Å². The minimum atomic E-state index is 0.717. The molecule has 0 radical (unpaired) electrons. The fourth-order valence-electron chi connectivity index (χ4n) is 4.16. The van der Waals surface area contributed by atoms with E-state index in [4.69, 9.17) is 5.26 Å². The summed E-state index contributed by atoms with van der Waals surface area (Å²) in [6.07, 6.45) is 5.24. The summed E-state index contributed by atoms with van der Waals surface area (Å²) in [4.78, 5) is 2.53. The standard InChI is InChI=1S/C12H18N2/c13-4-1-5-14-7-11-9-2-3-10(6-9)12(11)8-14/h9-12H,1-3,5-8H2. The molecule has 0 aromatic rings. The van der Waals surface area contributed by atoms with Crippen LogP contribution in [0.15, 0.2) is 0 Å². The van der Waals surface area contributed by atoms with Crippen LogP contribution in [-0.4, -0.2) is 24.5 Å². The van der Waals surface area contributed by atoms with Gasteiger partial charge in [0.2, 0.25) is 0 Å². The second-order valence-corrected chi connectivity index (χ2v) is 5.33. The van der Waals surface area contributed by atoms with Crippen molar-refractivity contribution in [2.75, 3.05) is 19.6 Å². The molecular weight excluding hydrogens is 172 g/mol. The number of hydrogen-bond donors (Lipinski definition) is 0. The lowest BCUT2D eigenvalue weighted by Gasteiger charge is -2.22. The molecule has 1 aliphatic heterocycles. The molecule has 0 amide bonds. The Bertz CT molecular complexity index is 250. The molecule has 2 heteroatoms. The summed E-state index contributed by atoms with van der Waals surface area (Å²) in [5.74, 6) is 4.12. The van der Waals surface area contributed by atoms with E-state index in [9.17, 15) is 0 Å². The molecule has 0 aromatic heterocycles. The number of nitriles is 1. The first-order chi connectivity index (χ1) is 6.88. The van der Waals surface area contributed by atoms with Crippen molar-refractivity contribution >= 4 is 0 Å². The smallest absolute Gasteiger partial charge is 0.0635 e. The van der Waals surface area contributed by atoms with Crippen molar-refractivity contribution < 1.29 is 0 Å². The zero-order chi connectivity index (χ0) is 9.54. The Morgan fingerprint density at radius 3 is 2.36 bits per heavy atom. The molecule has 2 nitrogen and oxygen atoms in total. The average Bonchev–Trinajstić information content (AvgIpc) is 2.85. The predicted molar refractivity (Wildman–Crippen MR) is 54.5 cm³/mol. The van der Waals surface area contributed by atoms with Crippen LogP contribution in [0.4, 0.5) is 0 Å². The van der Waals surface area contributed by atoms with Gasteiger partial charge in [0.05, 0.1) is 6.07 Å². The van der Waals surface area contributed by atoms with E-state index in [-0.39, 0.29) is 0 Å². The van der Waals surface area contributed by atoms with Gasteiger partial charge in [-0.15, -0.1) is 0 Å². The normalized spacial score (nSPS) is 45.4. The van der Waals surface area contributed by atoms with Crippen LogP contribution in [0.1, 0.15) is 25.7 Å². The molecule has 1 saturated heterocycles. The topological polar surface area (TPSA) is 27.0 Å². The Balaban J connectivity index is 1.63. The number of fused-ring (bicyclic) bond motifs is 5. The van der Waals surface area contributed by atoms with Crippen LogP contribution in [0.2, 0.25) is 0 Å². The number of nitrogens with zero attached hydrogens (tertiary/aromatic N) is 2. The first-order valence-corrected chi connectivity index (χ1v) is 5.98. The van der Waals surface area contributed by atoms with E-state index in [1.165, 1.54) is 32.4 Å². The van der Waals surface area contributed by atoms with Crippen LogP contribution in [-0.2, 0) is 0 Å². The molecular formula is C12H18N2. The van der Waals surface area contributed by atoms with Gasteiger partial charge in [0.15, 0.2) is 0 Å². The third-order valence-corrected chi connectivity index (χ3v) is 4.75. The molecule has 2 aliphatic carbocycles. The molecule has 0 spiro atoms. The fourth-order valence-corrected chi connectivity index (χ4v) is 4.16. The molecule has 3 fully saturated rings. The maximum absolute atomic E-state index is 8.57. The van der Waals surface area contributed by atoms with E-state index >= 15 is 0 Å². The van der Waals surface area contributed by atoms with Crippen molar-refractivity contribution in [2.45, 2.75) is 25.7 Å². The van der Waals surface area contributed by atoms with Crippen molar-refractivity contribution in [3.8, 4) is 6.07 Å². The summed E-state index contributed by atoms with van der Waals surface area (Å²) < 4.78 is 0. The second-order valence-electron chi connectivity index (χ2n) is 5.33. The van der Waals surface area contributed by atoms with E-state index < -0.39 is 0 Å². The largest absolute Gasteiger partial charge is 0.302 e. The monoisotopic (exact) mass is 190 g/mol. The lowest BCUT2D eigenvalue weighted by molar-refractivity contribution is 0.281. The Morgan fingerprint density at radius 2 is 1.79 bits per heavy atom. The molecule has 14 heavy (non-hydrogen) atoms. The maximum atomic E-state index is 8.57. The van der Waals surface area contributed by atoms with E-state index in [1.807, 2.05) is 0 Å². The molecule has 4 unspecified atom stereocenters. The predicted octanol–water partition coefficient (Wildman–Crippen LogP) is 1.88. The van der Waals surface area contributed by atoms with Crippen LogP contribution in [0.5, 0.6) is 0 Å². The van der Waals surface area contributed by atoms with Gasteiger partial charge in [0.25, 0.3) is 0 Å². The molecule has 76 valence electrons. The Hall–Kier alpha value is -0.550. The van der Waals surface area contributed by atoms with Gasteiger partial charge in [-0.05, 0) is 42.9 Å². The van der Waals surface area contributed by atoms with Gasteiger partial charge in [-0.3, -0.25) is 0 Å². The van der Waals surface area contributed by atoms with Gasteiger partial charge < -0.3 is 4.90 Å². The average molecular weight is 190 g/mol. The summed E-state index contributed by atoms with van der Waals surface area (Å²) in [6, 6.07) is 2.26. The van der Waals surface area contributed by atoms with Crippen molar-refractivity contribution in [2.24, 2.45) is 23.7 Å². The van der Waals surface area contributed by atoms with Gasteiger partial charge in [-0.1, -0.05) is 0 Å². The highest BCUT2D eigenvalue weighted by Gasteiger charge is 2.51. The Labute approximate surface area is 85.9 Å². The summed E-state index contributed by atoms with van der Waals surface area (Å²) in [6.45, 7) is 3.62. The van der Waals surface area contributed by atoms with Crippen LogP contribution < -0.4 is 0 Å². The summed E-state index contributed by atoms with van der Waals surface area (Å²) in [7, 11) is 0. The van der Waals surface area contributed by atoms with Crippen LogP contribution >= 0.6 is 0 Å². The molecule has 1 heterocycles. The van der Waals surface area contributed by atoms with E-state index in [1.54, 1.807) is 0 Å². The number of likely N-dealkylation sites (tertiary alicyclic amines) is 1. The molecule has 3 aliphatic rings. The quantitative estimate of drug-likeness (QED) is 0.664. The lowest BCUT2D eigenvalue weighted by atomic mass is 9.82. The molecule has 2 saturated carbocycles. The number of hydrogen-bond acceptors (Lipinski definition) is 2. The summed E-state index contributed by atoms with van der Waals surface area (Å²) in [5, 5.41) is 8.57. The Morgan fingerprint density at radius 1 is 1.14 bits per heavy atom. The molecule has 4 atom stereocenters. The molecule has 0 N–H and O–H groups in total. The van der Waals surface area contributed by atoms with Crippen molar-refractivity contribution in [3.05, 3.63) is 0 Å². The molecule has 3 rings (SSSR count).